The van der Waals surface area contributed by atoms with Gasteiger partial charge in [0.1, 0.15) is 12.1 Å². The first kappa shape index (κ1) is 10.3. The largest absolute Gasteiger partial charge is 0.465 e. The zero-order valence-corrected chi connectivity index (χ0v) is 8.28. The third-order valence-corrected chi connectivity index (χ3v) is 1.57. The van der Waals surface area contributed by atoms with Crippen LogP contribution in [0.25, 0.3) is 0 Å². The number of imidazole rings is 1. The van der Waals surface area contributed by atoms with Gasteiger partial charge in [0.15, 0.2) is 0 Å². The van der Waals surface area contributed by atoms with Crippen LogP contribution in [0.3, 0.4) is 0 Å². The number of aryl methyl sites for hydroxylation is 1. The molecule has 0 amide bonds. The molecule has 0 bridgehead atoms. The van der Waals surface area contributed by atoms with Gasteiger partial charge in [-0.25, -0.2) is 4.98 Å². The molecule has 0 aromatic carbocycles. The molecule has 1 aromatic rings. The van der Waals surface area contributed by atoms with E-state index in [1.807, 2.05) is 7.05 Å². The molecule has 74 valence electrons. The molecule has 0 saturated carbocycles. The van der Waals surface area contributed by atoms with Gasteiger partial charge in [0, 0.05) is 7.05 Å². The molecule has 1 rings (SSSR count). The van der Waals surface area contributed by atoms with Crippen molar-refractivity contribution in [2.75, 3.05) is 6.61 Å². The summed E-state index contributed by atoms with van der Waals surface area (Å²) in [6.45, 7) is 2.17. The number of nitrogens with zero attached hydrogens (tertiary/aromatic N) is 2. The maximum absolute atomic E-state index is 10.9. The standard InChI is InChI=1S/C10H12N2O2/c1-3-14-10(13)6-4-5-9-7-11-8-12(9)2/h7-8H,3,6H2,1-2H3. The summed E-state index contributed by atoms with van der Waals surface area (Å²) >= 11 is 0. The molecule has 0 spiro atoms. The van der Waals surface area contributed by atoms with Crippen LogP contribution in [0.15, 0.2) is 12.5 Å². The fourth-order valence-electron chi connectivity index (χ4n) is 0.897. The summed E-state index contributed by atoms with van der Waals surface area (Å²) in [4.78, 5) is 14.8. The predicted molar refractivity (Wildman–Crippen MR) is 51.3 cm³/mol. The summed E-state index contributed by atoms with van der Waals surface area (Å²) in [5.74, 6) is 5.27. The number of rotatable bonds is 2. The number of esters is 1. The number of ether oxygens (including phenoxy) is 1. The van der Waals surface area contributed by atoms with Crippen LogP contribution in [0, 0.1) is 11.8 Å². The molecular weight excluding hydrogens is 180 g/mol. The van der Waals surface area contributed by atoms with Crippen LogP contribution in [-0.2, 0) is 16.6 Å². The van der Waals surface area contributed by atoms with E-state index in [0.29, 0.717) is 6.61 Å². The molecule has 4 nitrogen and oxygen atoms in total. The highest BCUT2D eigenvalue weighted by atomic mass is 16.5. The van der Waals surface area contributed by atoms with Crippen LogP contribution >= 0.6 is 0 Å². The lowest BCUT2D eigenvalue weighted by Crippen LogP contribution is -2.01. The van der Waals surface area contributed by atoms with Crippen LogP contribution in [0.2, 0.25) is 0 Å². The summed E-state index contributed by atoms with van der Waals surface area (Å²) in [6, 6.07) is 0. The second kappa shape index (κ2) is 5.07. The van der Waals surface area contributed by atoms with E-state index < -0.39 is 0 Å². The predicted octanol–water partition coefficient (Wildman–Crippen LogP) is 0.725. The van der Waals surface area contributed by atoms with Gasteiger partial charge >= 0.3 is 5.97 Å². The van der Waals surface area contributed by atoms with Crippen molar-refractivity contribution in [1.82, 2.24) is 9.55 Å². The molecule has 0 unspecified atom stereocenters. The van der Waals surface area contributed by atoms with Gasteiger partial charge < -0.3 is 9.30 Å². The normalized spacial score (nSPS) is 9.00. The number of carbonyl (C=O) groups is 1. The van der Waals surface area contributed by atoms with Gasteiger partial charge in [-0.05, 0) is 12.8 Å². The second-order valence-electron chi connectivity index (χ2n) is 2.67. The average Bonchev–Trinajstić information content (AvgIpc) is 2.52. The fraction of sp³-hybridized carbons (Fsp3) is 0.400. The lowest BCUT2D eigenvalue weighted by Gasteiger charge is -1.94. The molecule has 1 aromatic heterocycles. The molecule has 0 aliphatic heterocycles. The second-order valence-corrected chi connectivity index (χ2v) is 2.67. The highest BCUT2D eigenvalue weighted by Crippen LogP contribution is 1.93. The molecule has 4 heteroatoms. The molecule has 0 saturated heterocycles. The van der Waals surface area contributed by atoms with Gasteiger partial charge in [-0.15, -0.1) is 0 Å². The van der Waals surface area contributed by atoms with E-state index in [4.69, 9.17) is 4.74 Å². The Bertz CT molecular complexity index is 371. The molecule has 0 aliphatic rings. The van der Waals surface area contributed by atoms with Gasteiger partial charge in [-0.3, -0.25) is 4.79 Å². The third-order valence-electron chi connectivity index (χ3n) is 1.57. The smallest absolute Gasteiger partial charge is 0.317 e. The van der Waals surface area contributed by atoms with E-state index in [-0.39, 0.29) is 12.4 Å². The van der Waals surface area contributed by atoms with Crippen molar-refractivity contribution in [1.29, 1.82) is 0 Å². The number of carbonyl (C=O) groups excluding carboxylic acids is 1. The molecule has 0 atom stereocenters. The molecule has 0 fully saturated rings. The van der Waals surface area contributed by atoms with E-state index in [1.165, 1.54) is 0 Å². The van der Waals surface area contributed by atoms with Crippen molar-refractivity contribution < 1.29 is 9.53 Å². The van der Waals surface area contributed by atoms with Crippen LogP contribution in [0.4, 0.5) is 0 Å². The van der Waals surface area contributed by atoms with Crippen molar-refractivity contribution in [3.8, 4) is 11.8 Å². The first-order valence-corrected chi connectivity index (χ1v) is 4.35. The van der Waals surface area contributed by atoms with E-state index in [0.717, 1.165) is 5.69 Å². The quantitative estimate of drug-likeness (QED) is 0.512. The Morgan fingerprint density at radius 2 is 2.50 bits per heavy atom. The number of hydrogen-bond acceptors (Lipinski definition) is 3. The maximum atomic E-state index is 10.9. The minimum atomic E-state index is -0.290. The van der Waals surface area contributed by atoms with Gasteiger partial charge in [-0.2, -0.15) is 0 Å². The van der Waals surface area contributed by atoms with E-state index in [2.05, 4.69) is 16.8 Å². The number of aromatic nitrogens is 2. The highest BCUT2D eigenvalue weighted by molar-refractivity contribution is 5.72. The topological polar surface area (TPSA) is 44.1 Å². The lowest BCUT2D eigenvalue weighted by atomic mass is 10.4. The maximum Gasteiger partial charge on any atom is 0.317 e. The van der Waals surface area contributed by atoms with E-state index in [1.54, 1.807) is 24.0 Å². The Kier molecular flexibility index (Phi) is 3.74. The van der Waals surface area contributed by atoms with Crippen molar-refractivity contribution in [3.05, 3.63) is 18.2 Å². The lowest BCUT2D eigenvalue weighted by molar-refractivity contribution is -0.141. The van der Waals surface area contributed by atoms with Crippen LogP contribution < -0.4 is 0 Å². The zero-order chi connectivity index (χ0) is 10.4. The summed E-state index contributed by atoms with van der Waals surface area (Å²) in [6.07, 6.45) is 3.44. The SMILES string of the molecule is CCOC(=O)CC#Cc1cncn1C. The Morgan fingerprint density at radius 3 is 3.07 bits per heavy atom. The van der Waals surface area contributed by atoms with Gasteiger partial charge in [0.25, 0.3) is 0 Å². The van der Waals surface area contributed by atoms with Crippen molar-refractivity contribution in [3.63, 3.8) is 0 Å². The summed E-state index contributed by atoms with van der Waals surface area (Å²) < 4.78 is 6.52. The Balaban J connectivity index is 2.49. The minimum absolute atomic E-state index is 0.124. The Hall–Kier alpha value is -1.76. The third kappa shape index (κ3) is 2.94. The summed E-state index contributed by atoms with van der Waals surface area (Å²) in [5.41, 5.74) is 0.786. The molecule has 0 aliphatic carbocycles. The Labute approximate surface area is 82.9 Å². The van der Waals surface area contributed by atoms with Gasteiger partial charge in [-0.1, -0.05) is 5.92 Å². The molecule has 14 heavy (non-hydrogen) atoms. The van der Waals surface area contributed by atoms with E-state index in [9.17, 15) is 4.79 Å². The number of hydrogen-bond donors (Lipinski definition) is 0. The van der Waals surface area contributed by atoms with E-state index >= 15 is 0 Å². The summed E-state index contributed by atoms with van der Waals surface area (Å²) in [5, 5.41) is 0. The molecule has 0 radical (unpaired) electrons. The van der Waals surface area contributed by atoms with Gasteiger partial charge in [0.05, 0.1) is 19.1 Å². The van der Waals surface area contributed by atoms with Gasteiger partial charge in [0.2, 0.25) is 0 Å². The molecular formula is C10H12N2O2. The van der Waals surface area contributed by atoms with Crippen LogP contribution in [0.5, 0.6) is 0 Å². The van der Waals surface area contributed by atoms with Crippen LogP contribution in [0.1, 0.15) is 19.0 Å². The van der Waals surface area contributed by atoms with Crippen molar-refractivity contribution in [2.24, 2.45) is 7.05 Å². The first-order valence-electron chi connectivity index (χ1n) is 4.35. The monoisotopic (exact) mass is 192 g/mol. The highest BCUT2D eigenvalue weighted by Gasteiger charge is 1.96. The fourth-order valence-corrected chi connectivity index (χ4v) is 0.897. The van der Waals surface area contributed by atoms with Crippen LogP contribution in [-0.4, -0.2) is 22.1 Å². The van der Waals surface area contributed by atoms with Crippen molar-refractivity contribution in [2.45, 2.75) is 13.3 Å². The summed E-state index contributed by atoms with van der Waals surface area (Å²) in [7, 11) is 1.85. The zero-order valence-electron chi connectivity index (χ0n) is 8.28. The average molecular weight is 192 g/mol. The van der Waals surface area contributed by atoms with Crippen molar-refractivity contribution >= 4 is 5.97 Å². The molecule has 1 heterocycles. The Morgan fingerprint density at radius 1 is 1.71 bits per heavy atom. The molecule has 0 N–H and O–H groups in total. The minimum Gasteiger partial charge on any atom is -0.465 e. The first-order chi connectivity index (χ1) is 6.74.